The number of hydrogen-bond acceptors (Lipinski definition) is 5. The highest BCUT2D eigenvalue weighted by Gasteiger charge is 2.25. The number of esters is 1. The van der Waals surface area contributed by atoms with Crippen molar-refractivity contribution < 1.29 is 9.53 Å². The molecule has 19 heavy (non-hydrogen) atoms. The van der Waals surface area contributed by atoms with Crippen LogP contribution in [0.1, 0.15) is 5.56 Å². The lowest BCUT2D eigenvalue weighted by atomic mass is 10.2. The molecule has 0 fully saturated rings. The standard InChI is InChI=1S/C13H14ClN3O2/c1-19-13(18)12-7-11(14)4-6-17(12)16-9-10-3-2-5-15-8-10/h2-8,12,16H,9H2,1H3. The second-order valence-corrected chi connectivity index (χ2v) is 4.38. The maximum atomic E-state index is 11.7. The minimum absolute atomic E-state index is 0.374. The van der Waals surface area contributed by atoms with Gasteiger partial charge in [0.15, 0.2) is 6.04 Å². The summed E-state index contributed by atoms with van der Waals surface area (Å²) in [5.41, 5.74) is 4.14. The van der Waals surface area contributed by atoms with Gasteiger partial charge in [-0.25, -0.2) is 10.2 Å². The highest BCUT2D eigenvalue weighted by molar-refractivity contribution is 6.31. The van der Waals surface area contributed by atoms with E-state index in [0.717, 1.165) is 5.56 Å². The van der Waals surface area contributed by atoms with E-state index in [-0.39, 0.29) is 5.97 Å². The highest BCUT2D eigenvalue weighted by atomic mass is 35.5. The molecule has 1 atom stereocenters. The third-order valence-corrected chi connectivity index (χ3v) is 2.89. The number of nitrogens with one attached hydrogen (secondary N) is 1. The second-order valence-electron chi connectivity index (χ2n) is 3.94. The predicted octanol–water partition coefficient (Wildman–Crippen LogP) is 1.58. The SMILES string of the molecule is COC(=O)C1C=C(Cl)C=CN1NCc1cccnc1. The Hall–Kier alpha value is -1.85. The van der Waals surface area contributed by atoms with Gasteiger partial charge in [-0.1, -0.05) is 17.7 Å². The molecule has 100 valence electrons. The summed E-state index contributed by atoms with van der Waals surface area (Å²) < 4.78 is 4.75. The minimum Gasteiger partial charge on any atom is -0.467 e. The third kappa shape index (κ3) is 3.56. The Morgan fingerprint density at radius 2 is 2.47 bits per heavy atom. The third-order valence-electron chi connectivity index (χ3n) is 2.64. The van der Waals surface area contributed by atoms with Gasteiger partial charge in [0.05, 0.1) is 7.11 Å². The predicted molar refractivity (Wildman–Crippen MR) is 71.8 cm³/mol. The smallest absolute Gasteiger partial charge is 0.334 e. The fourth-order valence-corrected chi connectivity index (χ4v) is 1.85. The van der Waals surface area contributed by atoms with Crippen LogP contribution in [0.4, 0.5) is 0 Å². The summed E-state index contributed by atoms with van der Waals surface area (Å²) in [5.74, 6) is -0.374. The Balaban J connectivity index is 2.02. The van der Waals surface area contributed by atoms with Crippen molar-refractivity contribution in [3.63, 3.8) is 0 Å². The number of carbonyl (C=O) groups is 1. The molecular weight excluding hydrogens is 266 g/mol. The van der Waals surface area contributed by atoms with Gasteiger partial charge in [-0.2, -0.15) is 0 Å². The van der Waals surface area contributed by atoms with Crippen LogP contribution in [-0.4, -0.2) is 29.1 Å². The van der Waals surface area contributed by atoms with Gasteiger partial charge >= 0.3 is 5.97 Å². The zero-order valence-corrected chi connectivity index (χ0v) is 11.2. The van der Waals surface area contributed by atoms with Crippen LogP contribution in [0.5, 0.6) is 0 Å². The molecule has 5 nitrogen and oxygen atoms in total. The van der Waals surface area contributed by atoms with E-state index in [2.05, 4.69) is 10.4 Å². The van der Waals surface area contributed by atoms with E-state index in [1.165, 1.54) is 7.11 Å². The van der Waals surface area contributed by atoms with Crippen LogP contribution >= 0.6 is 11.6 Å². The molecule has 1 N–H and O–H groups in total. The lowest BCUT2D eigenvalue weighted by Crippen LogP contribution is -2.46. The van der Waals surface area contributed by atoms with Gasteiger partial charge in [0.2, 0.25) is 0 Å². The Morgan fingerprint density at radius 3 is 3.16 bits per heavy atom. The monoisotopic (exact) mass is 279 g/mol. The first-order valence-electron chi connectivity index (χ1n) is 5.75. The fraction of sp³-hybridized carbons (Fsp3) is 0.231. The lowest BCUT2D eigenvalue weighted by Gasteiger charge is -2.29. The van der Waals surface area contributed by atoms with Gasteiger partial charge in [-0.15, -0.1) is 0 Å². The van der Waals surface area contributed by atoms with Crippen molar-refractivity contribution in [1.82, 2.24) is 15.4 Å². The molecule has 1 aromatic heterocycles. The average Bonchev–Trinajstić information content (AvgIpc) is 2.46. The molecule has 2 heterocycles. The summed E-state index contributed by atoms with van der Waals surface area (Å²) in [5, 5.41) is 2.17. The summed E-state index contributed by atoms with van der Waals surface area (Å²) in [6.45, 7) is 0.553. The molecule has 0 bridgehead atoms. The van der Waals surface area contributed by atoms with E-state index in [9.17, 15) is 4.79 Å². The van der Waals surface area contributed by atoms with Crippen molar-refractivity contribution >= 4 is 17.6 Å². The number of halogens is 1. The molecule has 1 aliphatic heterocycles. The van der Waals surface area contributed by atoms with Crippen molar-refractivity contribution in [2.45, 2.75) is 12.6 Å². The summed E-state index contributed by atoms with van der Waals surface area (Å²) >= 11 is 5.90. The number of hydrazine groups is 1. The van der Waals surface area contributed by atoms with Gasteiger partial charge < -0.3 is 4.74 Å². The van der Waals surface area contributed by atoms with E-state index < -0.39 is 6.04 Å². The summed E-state index contributed by atoms with van der Waals surface area (Å²) in [6.07, 6.45) is 8.52. The second kappa shape index (κ2) is 6.36. The number of ether oxygens (including phenoxy) is 1. The highest BCUT2D eigenvalue weighted by Crippen LogP contribution is 2.16. The Morgan fingerprint density at radius 1 is 1.63 bits per heavy atom. The van der Waals surface area contributed by atoms with Crippen molar-refractivity contribution in [2.75, 3.05) is 7.11 Å². The Kier molecular flexibility index (Phi) is 4.54. The van der Waals surface area contributed by atoms with E-state index in [1.54, 1.807) is 35.8 Å². The minimum atomic E-state index is -0.570. The zero-order chi connectivity index (χ0) is 13.7. The largest absolute Gasteiger partial charge is 0.467 e. The van der Waals surface area contributed by atoms with Gasteiger partial charge in [0.25, 0.3) is 0 Å². The topological polar surface area (TPSA) is 54.5 Å². The number of hydrogen-bond donors (Lipinski definition) is 1. The molecule has 0 saturated heterocycles. The normalized spacial score (nSPS) is 18.1. The van der Waals surface area contributed by atoms with E-state index >= 15 is 0 Å². The van der Waals surface area contributed by atoms with Crippen LogP contribution in [0.15, 0.2) is 47.9 Å². The first-order valence-corrected chi connectivity index (χ1v) is 6.12. The van der Waals surface area contributed by atoms with Crippen molar-refractivity contribution in [3.05, 3.63) is 53.5 Å². The number of allylic oxidation sites excluding steroid dienone is 2. The van der Waals surface area contributed by atoms with Crippen molar-refractivity contribution in [3.8, 4) is 0 Å². The molecule has 1 unspecified atom stereocenters. The van der Waals surface area contributed by atoms with Crippen molar-refractivity contribution in [1.29, 1.82) is 0 Å². The molecular formula is C13H14ClN3O2. The molecule has 6 heteroatoms. The van der Waals surface area contributed by atoms with Crippen LogP contribution in [0.3, 0.4) is 0 Å². The molecule has 2 rings (SSSR count). The average molecular weight is 280 g/mol. The zero-order valence-electron chi connectivity index (χ0n) is 10.4. The van der Waals surface area contributed by atoms with Crippen LogP contribution in [0, 0.1) is 0 Å². The Bertz CT molecular complexity index is 502. The van der Waals surface area contributed by atoms with Crippen LogP contribution < -0.4 is 5.43 Å². The fourth-order valence-electron chi connectivity index (χ4n) is 1.67. The molecule has 1 aromatic rings. The van der Waals surface area contributed by atoms with E-state index in [4.69, 9.17) is 16.3 Å². The van der Waals surface area contributed by atoms with E-state index in [1.807, 2.05) is 12.1 Å². The van der Waals surface area contributed by atoms with Gasteiger partial charge in [-0.05, 0) is 23.8 Å². The molecule has 0 saturated carbocycles. The number of methoxy groups -OCH3 is 1. The van der Waals surface area contributed by atoms with Gasteiger partial charge in [0.1, 0.15) is 0 Å². The maximum Gasteiger partial charge on any atom is 0.334 e. The molecule has 0 radical (unpaired) electrons. The Labute approximate surface area is 116 Å². The van der Waals surface area contributed by atoms with Gasteiger partial charge in [0, 0.05) is 30.2 Å². The van der Waals surface area contributed by atoms with Crippen molar-refractivity contribution in [2.24, 2.45) is 0 Å². The lowest BCUT2D eigenvalue weighted by molar-refractivity contribution is -0.145. The molecule has 0 amide bonds. The summed E-state index contributed by atoms with van der Waals surface area (Å²) in [4.78, 5) is 15.7. The molecule has 1 aliphatic rings. The van der Waals surface area contributed by atoms with Gasteiger partial charge in [-0.3, -0.25) is 9.99 Å². The maximum absolute atomic E-state index is 11.7. The van der Waals surface area contributed by atoms with Crippen LogP contribution in [0.2, 0.25) is 0 Å². The summed E-state index contributed by atoms with van der Waals surface area (Å²) in [6, 6.07) is 3.24. The van der Waals surface area contributed by atoms with E-state index in [0.29, 0.717) is 11.6 Å². The van der Waals surface area contributed by atoms with Crippen LogP contribution in [-0.2, 0) is 16.1 Å². The first-order chi connectivity index (χ1) is 9.20. The summed E-state index contributed by atoms with van der Waals surface area (Å²) in [7, 11) is 1.35. The number of carbonyl (C=O) groups excluding carboxylic acids is 1. The van der Waals surface area contributed by atoms with Crippen LogP contribution in [0.25, 0.3) is 0 Å². The first kappa shape index (κ1) is 13.6. The molecule has 0 aliphatic carbocycles. The quantitative estimate of drug-likeness (QED) is 0.848. The molecule has 0 spiro atoms. The number of aromatic nitrogens is 1. The number of nitrogens with zero attached hydrogens (tertiary/aromatic N) is 2. The molecule has 0 aromatic carbocycles. The number of rotatable bonds is 4. The number of pyridine rings is 1.